The summed E-state index contributed by atoms with van der Waals surface area (Å²) in [5.41, 5.74) is 0.212. The van der Waals surface area contributed by atoms with E-state index in [-0.39, 0.29) is 24.6 Å². The Balaban J connectivity index is -0.000000892. The molecule has 0 spiro atoms. The molecule has 0 rings (SSSR count). The van der Waals surface area contributed by atoms with Crippen molar-refractivity contribution in [1.82, 2.24) is 0 Å². The molecular formula is C41H44Br4N4O16. The van der Waals surface area contributed by atoms with Crippen LogP contribution in [0.4, 0.5) is 0 Å². The smallest absolute Gasteiger partial charge is 0.373 e. The van der Waals surface area contributed by atoms with Gasteiger partial charge in [-0.15, -0.1) is 0 Å². The van der Waals surface area contributed by atoms with Crippen molar-refractivity contribution >= 4 is 112 Å². The second kappa shape index (κ2) is 41.0. The van der Waals surface area contributed by atoms with E-state index in [4.69, 9.17) is 57.3 Å². The van der Waals surface area contributed by atoms with Crippen molar-refractivity contribution in [2.75, 3.05) is 26.4 Å². The molecule has 0 fully saturated rings. The van der Waals surface area contributed by atoms with Crippen LogP contribution >= 0.6 is 63.7 Å². The normalized spacial score (nSPS) is 13.7. The van der Waals surface area contributed by atoms with Crippen LogP contribution in [-0.2, 0) is 76.5 Å². The van der Waals surface area contributed by atoms with Gasteiger partial charge in [0.15, 0.2) is 23.7 Å². The summed E-state index contributed by atoms with van der Waals surface area (Å²) in [5, 5.41) is 39.3. The largest absolute Gasteiger partial charge is 0.464 e. The van der Waals surface area contributed by atoms with E-state index in [1.165, 1.54) is 0 Å². The first kappa shape index (κ1) is 68.3. The fourth-order valence-corrected chi connectivity index (χ4v) is 6.81. The molecule has 0 aromatic rings. The summed E-state index contributed by atoms with van der Waals surface area (Å²) in [5.74, 6) is -9.68. The number of esters is 4. The summed E-state index contributed by atoms with van der Waals surface area (Å²) in [7, 11) is 0. The van der Waals surface area contributed by atoms with Crippen LogP contribution in [0.15, 0.2) is 48.6 Å². The van der Waals surface area contributed by atoms with E-state index in [1.54, 1.807) is 27.7 Å². The monoisotopic (exact) mass is 1160 g/mol. The van der Waals surface area contributed by atoms with Gasteiger partial charge in [-0.25, -0.2) is 0 Å². The van der Waals surface area contributed by atoms with Crippen LogP contribution in [0.1, 0.15) is 53.4 Å². The number of ether oxygens (including phenoxy) is 4. The number of hydrogen-bond donors (Lipinski definition) is 0. The zero-order valence-electron chi connectivity index (χ0n) is 35.4. The Morgan fingerprint density at radius 1 is 0.415 bits per heavy atom. The molecule has 0 aromatic heterocycles. The van der Waals surface area contributed by atoms with Gasteiger partial charge in [0, 0.05) is 0 Å². The van der Waals surface area contributed by atoms with Gasteiger partial charge in [0.1, 0.15) is 31.8 Å². The second-order valence-electron chi connectivity index (χ2n) is 12.3. The molecule has 0 aliphatic carbocycles. The van der Waals surface area contributed by atoms with Crippen LogP contribution in [0.5, 0.6) is 0 Å². The van der Waals surface area contributed by atoms with Gasteiger partial charge in [-0.3, -0.25) is 19.2 Å². The Bertz CT molecular complexity index is 1660. The predicted octanol–water partition coefficient (Wildman–Crippen LogP) is 5.29. The molecule has 0 amide bonds. The van der Waals surface area contributed by atoms with Crippen molar-refractivity contribution in [2.45, 2.75) is 72.7 Å². The minimum atomic E-state index is -1.89. The maximum atomic E-state index is 13.3. The summed E-state index contributed by atoms with van der Waals surface area (Å²) in [6.07, 6.45) is 2.74. The molecule has 352 valence electrons. The van der Waals surface area contributed by atoms with Crippen molar-refractivity contribution in [3.05, 3.63) is 48.6 Å². The van der Waals surface area contributed by atoms with E-state index < -0.39 is 98.7 Å². The van der Waals surface area contributed by atoms with E-state index in [9.17, 15) is 40.2 Å². The lowest BCUT2D eigenvalue weighted by atomic mass is 9.91. The Morgan fingerprint density at radius 2 is 0.554 bits per heavy atom. The molecule has 24 heteroatoms. The number of carbonyl (C=O) groups excluding carboxylic acids is 12. The number of nitrogens with zero attached hydrogens (tertiary/aromatic N) is 4. The topological polar surface area (TPSA) is 337 Å². The van der Waals surface area contributed by atoms with Crippen LogP contribution < -0.4 is 0 Å². The van der Waals surface area contributed by atoms with Crippen molar-refractivity contribution in [3.63, 3.8) is 0 Å². The van der Waals surface area contributed by atoms with Crippen molar-refractivity contribution in [2.24, 2.45) is 29.1 Å². The summed E-state index contributed by atoms with van der Waals surface area (Å²) >= 11 is 13.2. The summed E-state index contributed by atoms with van der Waals surface area (Å²) in [6.45, 7) is 19.5. The third-order valence-corrected chi connectivity index (χ3v) is 12.9. The Morgan fingerprint density at radius 3 is 0.662 bits per heavy atom. The highest BCUT2D eigenvalue weighted by Crippen LogP contribution is 2.31. The van der Waals surface area contributed by atoms with E-state index in [2.05, 4.69) is 90.0 Å². The quantitative estimate of drug-likeness (QED) is 0.0513. The molecule has 0 saturated carbocycles. The van der Waals surface area contributed by atoms with Crippen LogP contribution in [0, 0.1) is 74.4 Å². The Hall–Kier alpha value is -5.76. The van der Waals surface area contributed by atoms with E-state index in [1.807, 2.05) is 24.3 Å². The second-order valence-corrected chi connectivity index (χ2v) is 16.3. The lowest BCUT2D eigenvalue weighted by Gasteiger charge is -2.33. The molecule has 65 heavy (non-hydrogen) atoms. The molecule has 0 heterocycles. The van der Waals surface area contributed by atoms with Gasteiger partial charge in [0.25, 0.3) is 0 Å². The summed E-state index contributed by atoms with van der Waals surface area (Å²) < 4.78 is 22.3. The van der Waals surface area contributed by atoms with Crippen molar-refractivity contribution in [3.8, 4) is 24.3 Å². The molecule has 0 N–H and O–H groups in total. The van der Waals surface area contributed by atoms with Crippen LogP contribution in [0.2, 0.25) is 0 Å². The van der Waals surface area contributed by atoms with Gasteiger partial charge in [-0.2, -0.15) is 59.4 Å². The van der Waals surface area contributed by atoms with Crippen LogP contribution in [0.25, 0.3) is 0 Å². The van der Waals surface area contributed by atoms with Gasteiger partial charge in [-0.1, -0.05) is 140 Å². The van der Waals surface area contributed by atoms with Gasteiger partial charge in [-0.05, 0) is 25.7 Å². The lowest BCUT2D eigenvalue weighted by molar-refractivity contribution is -0.193. The lowest BCUT2D eigenvalue weighted by Crippen LogP contribution is -2.46. The van der Waals surface area contributed by atoms with Crippen LogP contribution in [0.3, 0.4) is 0 Å². The van der Waals surface area contributed by atoms with E-state index in [0.717, 1.165) is 0 Å². The van der Waals surface area contributed by atoms with Crippen molar-refractivity contribution in [1.29, 1.82) is 21.0 Å². The molecule has 0 radical (unpaired) electrons. The minimum Gasteiger partial charge on any atom is -0.464 e. The average Bonchev–Trinajstić information content (AvgIpc) is 3.28. The number of rotatable bonds is 24. The Labute approximate surface area is 408 Å². The highest BCUT2D eigenvalue weighted by atomic mass is 79.9. The molecule has 0 aliphatic heterocycles. The SMILES string of the molecule is C=C(CC)C(Br)C(C#N)C(=O)OCC(COC(=O)C(C#N)C(Br)C(=C)CC)(COC(=O)C(C#N)C(Br)C(=C)CC)COC(=O)C(C#N)C(Br)C(=C)CC.O=C=O.O=C=O.O=C=O.O=C=O. The summed E-state index contributed by atoms with van der Waals surface area (Å²) in [6, 6.07) is 7.48. The van der Waals surface area contributed by atoms with Gasteiger partial charge < -0.3 is 18.9 Å². The first-order valence-electron chi connectivity index (χ1n) is 18.1. The maximum Gasteiger partial charge on any atom is 0.373 e. The predicted molar refractivity (Wildman–Crippen MR) is 231 cm³/mol. The number of halogens is 4. The molecular weight excluding hydrogens is 1120 g/mol. The van der Waals surface area contributed by atoms with Gasteiger partial charge in [0.2, 0.25) is 0 Å². The number of hydrogen-bond acceptors (Lipinski definition) is 20. The number of nitriles is 4. The average molecular weight is 1170 g/mol. The molecule has 0 bridgehead atoms. The molecule has 0 saturated heterocycles. The molecule has 8 unspecified atom stereocenters. The highest BCUT2D eigenvalue weighted by molar-refractivity contribution is 9.10. The minimum absolute atomic E-state index is 0.250. The fourth-order valence-electron chi connectivity index (χ4n) is 4.18. The molecule has 8 atom stereocenters. The Kier molecular flexibility index (Phi) is 43.1. The molecule has 20 nitrogen and oxygen atoms in total. The van der Waals surface area contributed by atoms with Crippen molar-refractivity contribution < 1.29 is 76.5 Å². The first-order chi connectivity index (χ1) is 30.6. The van der Waals surface area contributed by atoms with E-state index >= 15 is 0 Å². The van der Waals surface area contributed by atoms with Gasteiger partial charge in [0.05, 0.1) is 43.6 Å². The number of allylic oxidation sites excluding steroid dienone is 4. The van der Waals surface area contributed by atoms with Crippen LogP contribution in [-0.4, -0.2) is 94.2 Å². The highest BCUT2D eigenvalue weighted by Gasteiger charge is 2.43. The number of alkyl halides is 4. The summed E-state index contributed by atoms with van der Waals surface area (Å²) in [4.78, 5) is 115. The fraction of sp³-hybridized carbons (Fsp3) is 0.512. The standard InChI is InChI=1S/C37H44Br4N4O8.4CO2/c1-9-21(5)29(38)25(13-42)33(46)50-17-37(18-51-34(47)26(14-43)30(39)22(6)10-2,19-52-35(48)27(15-44)31(40)23(7)11-3)20-53-36(49)28(16-45)32(41)24(8)12-4;4*2-1-3/h25-32H,5-12,17-20H2,1-4H3;;;;. The molecule has 0 aromatic carbocycles. The van der Waals surface area contributed by atoms with Gasteiger partial charge >= 0.3 is 48.5 Å². The number of carbonyl (C=O) groups is 4. The third-order valence-electron chi connectivity index (χ3n) is 8.20. The first-order valence-corrected chi connectivity index (χ1v) is 21.7. The van der Waals surface area contributed by atoms with E-state index in [0.29, 0.717) is 48.0 Å². The maximum absolute atomic E-state index is 13.3. The zero-order valence-corrected chi connectivity index (χ0v) is 41.8. The molecule has 0 aliphatic rings. The zero-order chi connectivity index (χ0) is 51.9. The third kappa shape index (κ3) is 27.2.